The Morgan fingerprint density at radius 2 is 1.65 bits per heavy atom. The SMILES string of the molecule is CC(C)(CCC(Cc1ccccc1)C(=O)O)c1ccc(O)cc1. The average Bonchev–Trinajstić information content (AvgIpc) is 2.52. The lowest BCUT2D eigenvalue weighted by Gasteiger charge is -2.27. The zero-order valence-electron chi connectivity index (χ0n) is 13.7. The van der Waals surface area contributed by atoms with Crippen molar-refractivity contribution in [3.05, 3.63) is 65.7 Å². The Morgan fingerprint density at radius 3 is 2.22 bits per heavy atom. The summed E-state index contributed by atoms with van der Waals surface area (Å²) < 4.78 is 0. The van der Waals surface area contributed by atoms with Crippen LogP contribution in [0.4, 0.5) is 0 Å². The van der Waals surface area contributed by atoms with Crippen LogP contribution in [0.5, 0.6) is 5.75 Å². The van der Waals surface area contributed by atoms with E-state index < -0.39 is 5.97 Å². The van der Waals surface area contributed by atoms with Crippen molar-refractivity contribution in [2.75, 3.05) is 0 Å². The van der Waals surface area contributed by atoms with Gasteiger partial charge in [-0.3, -0.25) is 4.79 Å². The number of carboxylic acids is 1. The molecule has 0 heterocycles. The van der Waals surface area contributed by atoms with E-state index in [1.807, 2.05) is 42.5 Å². The summed E-state index contributed by atoms with van der Waals surface area (Å²) in [5.74, 6) is -0.874. The van der Waals surface area contributed by atoms with Gasteiger partial charge in [0.05, 0.1) is 5.92 Å². The number of aliphatic carboxylic acids is 1. The topological polar surface area (TPSA) is 57.5 Å². The first kappa shape index (κ1) is 17.1. The smallest absolute Gasteiger partial charge is 0.306 e. The van der Waals surface area contributed by atoms with Gasteiger partial charge in [-0.05, 0) is 47.9 Å². The van der Waals surface area contributed by atoms with Crippen LogP contribution in [-0.2, 0) is 16.6 Å². The predicted octanol–water partition coefficient (Wildman–Crippen LogP) is 4.39. The summed E-state index contributed by atoms with van der Waals surface area (Å²) in [6, 6.07) is 16.9. The molecular formula is C20H24O3. The van der Waals surface area contributed by atoms with E-state index in [2.05, 4.69) is 13.8 Å². The van der Waals surface area contributed by atoms with E-state index in [9.17, 15) is 15.0 Å². The lowest BCUT2D eigenvalue weighted by Crippen LogP contribution is -2.23. The third-order valence-electron chi connectivity index (χ3n) is 4.44. The minimum absolute atomic E-state index is 0.127. The molecule has 0 aliphatic carbocycles. The number of carboxylic acid groups (broad SMARTS) is 1. The lowest BCUT2D eigenvalue weighted by molar-refractivity contribution is -0.142. The van der Waals surface area contributed by atoms with Crippen molar-refractivity contribution in [1.29, 1.82) is 0 Å². The second-order valence-electron chi connectivity index (χ2n) is 6.69. The first-order valence-electron chi connectivity index (χ1n) is 7.95. The van der Waals surface area contributed by atoms with Gasteiger partial charge in [0.25, 0.3) is 0 Å². The van der Waals surface area contributed by atoms with Crippen molar-refractivity contribution in [3.8, 4) is 5.75 Å². The van der Waals surface area contributed by atoms with Crippen LogP contribution in [-0.4, -0.2) is 16.2 Å². The highest BCUT2D eigenvalue weighted by atomic mass is 16.4. The van der Waals surface area contributed by atoms with E-state index >= 15 is 0 Å². The van der Waals surface area contributed by atoms with Crippen LogP contribution in [0.25, 0.3) is 0 Å². The minimum atomic E-state index is -0.740. The van der Waals surface area contributed by atoms with Crippen LogP contribution in [0.15, 0.2) is 54.6 Å². The Bertz CT molecular complexity index is 630. The number of hydrogen-bond acceptors (Lipinski definition) is 2. The van der Waals surface area contributed by atoms with Crippen molar-refractivity contribution in [1.82, 2.24) is 0 Å². The standard InChI is InChI=1S/C20H24O3/c1-20(2,17-8-10-18(21)11-9-17)13-12-16(19(22)23)14-15-6-4-3-5-7-15/h3-11,16,21H,12-14H2,1-2H3,(H,22,23). The van der Waals surface area contributed by atoms with Gasteiger partial charge < -0.3 is 10.2 Å². The molecule has 2 rings (SSSR count). The molecule has 23 heavy (non-hydrogen) atoms. The molecule has 0 radical (unpaired) electrons. The Labute approximate surface area is 137 Å². The van der Waals surface area contributed by atoms with E-state index in [0.29, 0.717) is 12.8 Å². The summed E-state index contributed by atoms with van der Waals surface area (Å²) in [5, 5.41) is 18.9. The largest absolute Gasteiger partial charge is 0.508 e. The fraction of sp³-hybridized carbons (Fsp3) is 0.350. The third kappa shape index (κ3) is 4.85. The Morgan fingerprint density at radius 1 is 1.04 bits per heavy atom. The van der Waals surface area contributed by atoms with Crippen LogP contribution in [0, 0.1) is 5.92 Å². The highest BCUT2D eigenvalue weighted by Gasteiger charge is 2.25. The molecule has 0 saturated heterocycles. The zero-order valence-corrected chi connectivity index (χ0v) is 13.7. The number of hydrogen-bond donors (Lipinski definition) is 2. The number of aromatic hydroxyl groups is 1. The molecule has 0 fully saturated rings. The van der Waals surface area contributed by atoms with Crippen LogP contribution in [0.3, 0.4) is 0 Å². The maximum absolute atomic E-state index is 11.6. The van der Waals surface area contributed by atoms with Gasteiger partial charge in [-0.1, -0.05) is 56.3 Å². The van der Waals surface area contributed by atoms with Crippen LogP contribution in [0.2, 0.25) is 0 Å². The van der Waals surface area contributed by atoms with E-state index in [4.69, 9.17) is 0 Å². The van der Waals surface area contributed by atoms with Gasteiger partial charge in [0.2, 0.25) is 0 Å². The molecule has 0 spiro atoms. The van der Waals surface area contributed by atoms with Crippen molar-refractivity contribution in [2.24, 2.45) is 5.92 Å². The molecule has 0 amide bonds. The molecule has 1 unspecified atom stereocenters. The molecular weight excluding hydrogens is 288 g/mol. The Kier molecular flexibility index (Phi) is 5.43. The molecule has 2 N–H and O–H groups in total. The molecule has 0 saturated carbocycles. The number of carbonyl (C=O) groups is 1. The molecule has 0 bridgehead atoms. The average molecular weight is 312 g/mol. The van der Waals surface area contributed by atoms with Crippen molar-refractivity contribution in [3.63, 3.8) is 0 Å². The van der Waals surface area contributed by atoms with Crippen LogP contribution >= 0.6 is 0 Å². The summed E-state index contributed by atoms with van der Waals surface area (Å²) in [5.41, 5.74) is 2.04. The Hall–Kier alpha value is -2.29. The second kappa shape index (κ2) is 7.32. The summed E-state index contributed by atoms with van der Waals surface area (Å²) in [6.07, 6.45) is 1.96. The van der Waals surface area contributed by atoms with E-state index in [0.717, 1.165) is 17.5 Å². The predicted molar refractivity (Wildman–Crippen MR) is 91.6 cm³/mol. The lowest BCUT2D eigenvalue weighted by atomic mass is 9.78. The van der Waals surface area contributed by atoms with Gasteiger partial charge in [-0.25, -0.2) is 0 Å². The molecule has 122 valence electrons. The molecule has 0 aromatic heterocycles. The summed E-state index contributed by atoms with van der Waals surface area (Å²) in [7, 11) is 0. The summed E-state index contributed by atoms with van der Waals surface area (Å²) in [4.78, 5) is 11.6. The molecule has 0 aliphatic heterocycles. The highest BCUT2D eigenvalue weighted by molar-refractivity contribution is 5.70. The second-order valence-corrected chi connectivity index (χ2v) is 6.69. The van der Waals surface area contributed by atoms with E-state index in [1.54, 1.807) is 12.1 Å². The molecule has 2 aromatic rings. The fourth-order valence-corrected chi connectivity index (χ4v) is 2.80. The number of phenols is 1. The van der Waals surface area contributed by atoms with Crippen molar-refractivity contribution < 1.29 is 15.0 Å². The number of benzene rings is 2. The summed E-state index contributed by atoms with van der Waals surface area (Å²) in [6.45, 7) is 4.22. The first-order chi connectivity index (χ1) is 10.9. The van der Waals surface area contributed by atoms with Crippen LogP contribution < -0.4 is 0 Å². The van der Waals surface area contributed by atoms with Gasteiger partial charge in [-0.2, -0.15) is 0 Å². The molecule has 1 atom stereocenters. The van der Waals surface area contributed by atoms with Crippen molar-refractivity contribution in [2.45, 2.75) is 38.5 Å². The van der Waals surface area contributed by atoms with Crippen molar-refractivity contribution >= 4 is 5.97 Å². The van der Waals surface area contributed by atoms with Gasteiger partial charge in [-0.15, -0.1) is 0 Å². The molecule has 2 aromatic carbocycles. The molecule has 0 aliphatic rings. The van der Waals surface area contributed by atoms with E-state index in [-0.39, 0.29) is 17.1 Å². The number of rotatable bonds is 7. The normalized spacial score (nSPS) is 12.8. The maximum atomic E-state index is 11.6. The van der Waals surface area contributed by atoms with Crippen LogP contribution in [0.1, 0.15) is 37.8 Å². The third-order valence-corrected chi connectivity index (χ3v) is 4.44. The van der Waals surface area contributed by atoms with Gasteiger partial charge in [0.1, 0.15) is 5.75 Å². The maximum Gasteiger partial charge on any atom is 0.306 e. The first-order valence-corrected chi connectivity index (χ1v) is 7.95. The zero-order chi connectivity index (χ0) is 16.9. The minimum Gasteiger partial charge on any atom is -0.508 e. The monoisotopic (exact) mass is 312 g/mol. The number of phenolic OH excluding ortho intramolecular Hbond substituents is 1. The van der Waals surface area contributed by atoms with Gasteiger partial charge >= 0.3 is 5.97 Å². The summed E-state index contributed by atoms with van der Waals surface area (Å²) >= 11 is 0. The molecule has 3 nitrogen and oxygen atoms in total. The Balaban J connectivity index is 2.03. The molecule has 3 heteroatoms. The van der Waals surface area contributed by atoms with E-state index in [1.165, 1.54) is 0 Å². The van der Waals surface area contributed by atoms with Gasteiger partial charge in [0, 0.05) is 0 Å². The fourth-order valence-electron chi connectivity index (χ4n) is 2.80. The quantitative estimate of drug-likeness (QED) is 0.797. The van der Waals surface area contributed by atoms with Gasteiger partial charge in [0.15, 0.2) is 0 Å². The highest BCUT2D eigenvalue weighted by Crippen LogP contribution is 2.31.